The Morgan fingerprint density at radius 1 is 0.686 bits per heavy atom. The van der Waals surface area contributed by atoms with Crippen LogP contribution in [0.5, 0.6) is 0 Å². The van der Waals surface area contributed by atoms with E-state index in [0.717, 1.165) is 11.3 Å². The lowest BCUT2D eigenvalue weighted by Crippen LogP contribution is -2.50. The van der Waals surface area contributed by atoms with Gasteiger partial charge in [-0.3, -0.25) is 0 Å². The van der Waals surface area contributed by atoms with Crippen molar-refractivity contribution in [3.05, 3.63) is 127 Å². The minimum Gasteiger partial charge on any atom is -0.458 e. The molecule has 3 nitrogen and oxygen atoms in total. The second-order valence-corrected chi connectivity index (χ2v) is 11.7. The fourth-order valence-electron chi connectivity index (χ4n) is 4.08. The summed E-state index contributed by atoms with van der Waals surface area (Å²) in [5.74, 6) is -0.278. The Kier molecular flexibility index (Phi) is 7.68. The van der Waals surface area contributed by atoms with Gasteiger partial charge in [0.1, 0.15) is 5.60 Å². The van der Waals surface area contributed by atoms with E-state index >= 15 is 0 Å². The van der Waals surface area contributed by atoms with Crippen molar-refractivity contribution in [2.24, 2.45) is 0 Å². The van der Waals surface area contributed by atoms with Crippen LogP contribution in [0.1, 0.15) is 26.3 Å². The monoisotopic (exact) mass is 481 g/mol. The number of para-hydroxylation sites is 1. The average molecular weight is 482 g/mol. The van der Waals surface area contributed by atoms with E-state index in [1.807, 2.05) is 93.6 Å². The Bertz CT molecular complexity index is 1170. The zero-order valence-corrected chi connectivity index (χ0v) is 21.4. The van der Waals surface area contributed by atoms with E-state index < -0.39 is 19.1 Å². The molecule has 0 radical (unpaired) electrons. The molecule has 0 aliphatic rings. The van der Waals surface area contributed by atoms with Crippen LogP contribution in [0.2, 0.25) is 0 Å². The van der Waals surface area contributed by atoms with E-state index in [1.165, 1.54) is 10.6 Å². The van der Waals surface area contributed by atoms with Crippen LogP contribution in [0.15, 0.2) is 121 Å². The maximum absolute atomic E-state index is 14.2. The van der Waals surface area contributed by atoms with E-state index in [1.54, 1.807) is 0 Å². The van der Waals surface area contributed by atoms with Crippen molar-refractivity contribution in [2.45, 2.75) is 31.9 Å². The van der Waals surface area contributed by atoms with Gasteiger partial charge in [0.05, 0.1) is 0 Å². The first-order chi connectivity index (χ1) is 16.9. The fourth-order valence-corrected chi connectivity index (χ4v) is 6.67. The Morgan fingerprint density at radius 3 is 1.57 bits per heavy atom. The van der Waals surface area contributed by atoms with E-state index in [0.29, 0.717) is 6.16 Å². The molecule has 0 aliphatic heterocycles. The molecule has 0 saturated heterocycles. The number of anilines is 1. The lowest BCUT2D eigenvalue weighted by atomic mass is 9.91. The second-order valence-electron chi connectivity index (χ2n) is 9.52. The average Bonchev–Trinajstić information content (AvgIpc) is 2.87. The van der Waals surface area contributed by atoms with Gasteiger partial charge in [0.2, 0.25) is 0 Å². The summed E-state index contributed by atoms with van der Waals surface area (Å²) in [6, 6.07) is 40.8. The molecule has 0 spiro atoms. The third-order valence-corrected chi connectivity index (χ3v) is 8.31. The second kappa shape index (κ2) is 10.9. The summed E-state index contributed by atoms with van der Waals surface area (Å²) < 4.78 is 6.11. The number of esters is 1. The molecule has 0 bridgehead atoms. The fraction of sp³-hybridized carbons (Fsp3) is 0.194. The molecule has 0 aliphatic carbocycles. The maximum atomic E-state index is 14.2. The molecule has 4 heteroatoms. The van der Waals surface area contributed by atoms with Gasteiger partial charge < -0.3 is 10.1 Å². The van der Waals surface area contributed by atoms with Gasteiger partial charge in [-0.1, -0.05) is 109 Å². The lowest BCUT2D eigenvalue weighted by molar-refractivity contribution is -0.160. The van der Waals surface area contributed by atoms with E-state index in [9.17, 15) is 4.79 Å². The van der Waals surface area contributed by atoms with Gasteiger partial charge >= 0.3 is 5.97 Å². The quantitative estimate of drug-likeness (QED) is 0.232. The Balaban J connectivity index is 1.91. The summed E-state index contributed by atoms with van der Waals surface area (Å²) in [4.78, 5) is 14.2. The summed E-state index contributed by atoms with van der Waals surface area (Å²) in [5.41, 5.74) is 0.0427. The highest BCUT2D eigenvalue weighted by molar-refractivity contribution is 7.73. The SMILES string of the molecule is CC(C)(C)OC(=O)C(CP(c1ccccc1)c1ccccc1)(Nc1ccccc1)c1ccccc1. The van der Waals surface area contributed by atoms with Crippen LogP contribution >= 0.6 is 7.92 Å². The number of nitrogens with one attached hydrogen (secondary N) is 1. The maximum Gasteiger partial charge on any atom is 0.337 e. The van der Waals surface area contributed by atoms with E-state index in [2.05, 4.69) is 53.8 Å². The molecule has 4 aromatic rings. The molecular weight excluding hydrogens is 449 g/mol. The topological polar surface area (TPSA) is 38.3 Å². The van der Waals surface area contributed by atoms with Gasteiger partial charge in [-0.2, -0.15) is 0 Å². The van der Waals surface area contributed by atoms with Gasteiger partial charge in [0, 0.05) is 11.8 Å². The van der Waals surface area contributed by atoms with Crippen molar-refractivity contribution < 1.29 is 9.53 Å². The minimum absolute atomic E-state index is 0.278. The number of ether oxygens (including phenoxy) is 1. The van der Waals surface area contributed by atoms with Gasteiger partial charge in [0.15, 0.2) is 5.54 Å². The number of rotatable bonds is 8. The van der Waals surface area contributed by atoms with Crippen LogP contribution in [0.4, 0.5) is 5.69 Å². The molecule has 1 N–H and O–H groups in total. The van der Waals surface area contributed by atoms with Crippen molar-refractivity contribution in [3.63, 3.8) is 0 Å². The van der Waals surface area contributed by atoms with Crippen LogP contribution < -0.4 is 15.9 Å². The Morgan fingerprint density at radius 2 is 1.11 bits per heavy atom. The van der Waals surface area contributed by atoms with Crippen molar-refractivity contribution in [1.29, 1.82) is 0 Å². The summed E-state index contributed by atoms with van der Waals surface area (Å²) in [5, 5.41) is 6.07. The van der Waals surface area contributed by atoms with Crippen LogP contribution in [0.3, 0.4) is 0 Å². The van der Waals surface area contributed by atoms with Crippen molar-refractivity contribution in [1.82, 2.24) is 0 Å². The van der Waals surface area contributed by atoms with Crippen LogP contribution in [0, 0.1) is 0 Å². The smallest absolute Gasteiger partial charge is 0.337 e. The third kappa shape index (κ3) is 6.18. The first kappa shape index (κ1) is 24.7. The van der Waals surface area contributed by atoms with Crippen LogP contribution in [0.25, 0.3) is 0 Å². The molecule has 4 aromatic carbocycles. The molecule has 4 rings (SSSR count). The lowest BCUT2D eigenvalue weighted by Gasteiger charge is -2.39. The highest BCUT2D eigenvalue weighted by Crippen LogP contribution is 2.43. The van der Waals surface area contributed by atoms with Crippen molar-refractivity contribution >= 4 is 30.2 Å². The van der Waals surface area contributed by atoms with E-state index in [4.69, 9.17) is 4.74 Å². The predicted octanol–water partition coefficient (Wildman–Crippen LogP) is 6.47. The van der Waals surface area contributed by atoms with Crippen molar-refractivity contribution in [2.75, 3.05) is 11.5 Å². The molecule has 35 heavy (non-hydrogen) atoms. The number of hydrogen-bond donors (Lipinski definition) is 1. The third-order valence-electron chi connectivity index (χ3n) is 5.68. The van der Waals surface area contributed by atoms with Gasteiger partial charge in [-0.05, 0) is 57.0 Å². The van der Waals surface area contributed by atoms with Crippen LogP contribution in [-0.4, -0.2) is 17.7 Å². The number of carbonyl (C=O) groups is 1. The molecule has 178 valence electrons. The minimum atomic E-state index is -1.09. The molecule has 0 fully saturated rings. The standard InChI is InChI=1S/C31H32NO2P/c1-30(2,3)34-29(33)31(25-16-8-4-9-17-25,32-26-18-10-5-11-19-26)24-35(27-20-12-6-13-21-27)28-22-14-7-15-23-28/h4-23,32H,24H2,1-3H3. The summed E-state index contributed by atoms with van der Waals surface area (Å²) in [6.07, 6.45) is 0.546. The predicted molar refractivity (Wildman–Crippen MR) is 148 cm³/mol. The molecule has 0 saturated carbocycles. The zero-order valence-electron chi connectivity index (χ0n) is 20.5. The largest absolute Gasteiger partial charge is 0.458 e. The first-order valence-corrected chi connectivity index (χ1v) is 13.4. The summed E-state index contributed by atoms with van der Waals surface area (Å²) in [7, 11) is -0.896. The molecule has 1 atom stereocenters. The zero-order chi connectivity index (χ0) is 24.7. The molecule has 1 unspecified atom stereocenters. The van der Waals surface area contributed by atoms with Crippen LogP contribution in [-0.2, 0) is 15.1 Å². The highest BCUT2D eigenvalue weighted by atomic mass is 31.1. The summed E-state index contributed by atoms with van der Waals surface area (Å²) in [6.45, 7) is 5.75. The molecule has 0 amide bonds. The molecule has 0 aromatic heterocycles. The van der Waals surface area contributed by atoms with Gasteiger partial charge in [-0.15, -0.1) is 0 Å². The van der Waals surface area contributed by atoms with Gasteiger partial charge in [-0.25, -0.2) is 4.79 Å². The molecule has 0 heterocycles. The summed E-state index contributed by atoms with van der Waals surface area (Å²) >= 11 is 0. The normalized spacial score (nSPS) is 13.1. The van der Waals surface area contributed by atoms with E-state index in [-0.39, 0.29) is 5.97 Å². The first-order valence-electron chi connectivity index (χ1n) is 11.9. The molecular formula is C31H32NO2P. The number of carbonyl (C=O) groups excluding carboxylic acids is 1. The van der Waals surface area contributed by atoms with Gasteiger partial charge in [0.25, 0.3) is 0 Å². The Labute approximate surface area is 209 Å². The highest BCUT2D eigenvalue weighted by Gasteiger charge is 2.46. The Hall–Kier alpha value is -3.42. The number of hydrogen-bond acceptors (Lipinski definition) is 3. The number of benzene rings is 4. The van der Waals surface area contributed by atoms with Crippen molar-refractivity contribution in [3.8, 4) is 0 Å².